The Morgan fingerprint density at radius 3 is 2.17 bits per heavy atom. The zero-order valence-corrected chi connectivity index (χ0v) is 14.5. The molecule has 0 aliphatic heterocycles. The number of carbonyl (C=O) groups is 3. The quantitative estimate of drug-likeness (QED) is 0.673. The van der Waals surface area contributed by atoms with Gasteiger partial charge in [0.1, 0.15) is 6.04 Å². The zero-order chi connectivity index (χ0) is 18.3. The Labute approximate surface area is 142 Å². The summed E-state index contributed by atoms with van der Waals surface area (Å²) in [6, 6.07) is 6.96. The molecule has 2 amide bonds. The molecular formula is C18H26N2O4. The molecule has 1 atom stereocenters. The molecule has 0 aliphatic carbocycles. The van der Waals surface area contributed by atoms with Crippen LogP contribution >= 0.6 is 0 Å². The third kappa shape index (κ3) is 6.81. The number of carbonyl (C=O) groups excluding carboxylic acids is 2. The molecule has 1 rings (SSSR count). The van der Waals surface area contributed by atoms with Crippen LogP contribution in [0.2, 0.25) is 0 Å². The molecule has 6 heteroatoms. The number of hydrogen-bond acceptors (Lipinski definition) is 3. The molecule has 0 aromatic heterocycles. The van der Waals surface area contributed by atoms with Gasteiger partial charge in [-0.15, -0.1) is 0 Å². The van der Waals surface area contributed by atoms with Crippen LogP contribution in [0.3, 0.4) is 0 Å². The van der Waals surface area contributed by atoms with Crippen molar-refractivity contribution in [2.75, 3.05) is 0 Å². The molecule has 24 heavy (non-hydrogen) atoms. The van der Waals surface area contributed by atoms with Gasteiger partial charge in [0.2, 0.25) is 11.8 Å². The lowest BCUT2D eigenvalue weighted by atomic mass is 9.86. The lowest BCUT2D eigenvalue weighted by Gasteiger charge is -2.19. The molecule has 0 radical (unpaired) electrons. The van der Waals surface area contributed by atoms with Crippen LogP contribution < -0.4 is 11.1 Å². The van der Waals surface area contributed by atoms with Gasteiger partial charge in [-0.05, 0) is 29.4 Å². The Balaban J connectivity index is 2.52. The fourth-order valence-corrected chi connectivity index (χ4v) is 2.24. The first kappa shape index (κ1) is 19.7. The molecule has 1 aromatic carbocycles. The summed E-state index contributed by atoms with van der Waals surface area (Å²) in [5.41, 5.74) is 7.31. The Kier molecular flexibility index (Phi) is 6.95. The van der Waals surface area contributed by atoms with E-state index in [1.165, 1.54) is 5.56 Å². The van der Waals surface area contributed by atoms with E-state index < -0.39 is 17.9 Å². The average molecular weight is 334 g/mol. The Hall–Kier alpha value is -2.37. The molecule has 0 heterocycles. The van der Waals surface area contributed by atoms with Gasteiger partial charge < -0.3 is 16.2 Å². The molecule has 0 fully saturated rings. The first-order valence-corrected chi connectivity index (χ1v) is 7.99. The number of aliphatic carboxylic acids is 1. The number of amides is 2. The van der Waals surface area contributed by atoms with Crippen molar-refractivity contribution in [1.29, 1.82) is 0 Å². The van der Waals surface area contributed by atoms with Crippen molar-refractivity contribution < 1.29 is 19.5 Å². The number of primary amides is 1. The van der Waals surface area contributed by atoms with Crippen LogP contribution in [0.25, 0.3) is 0 Å². The van der Waals surface area contributed by atoms with Crippen LogP contribution in [0.4, 0.5) is 0 Å². The Morgan fingerprint density at radius 2 is 1.71 bits per heavy atom. The maximum absolute atomic E-state index is 11.9. The minimum Gasteiger partial charge on any atom is -0.480 e. The summed E-state index contributed by atoms with van der Waals surface area (Å²) in [4.78, 5) is 33.7. The Morgan fingerprint density at radius 1 is 1.12 bits per heavy atom. The standard InChI is InChI=1S/C18H26N2O4/c1-18(2,3)13-7-4-12(5-8-13)6-11-16(22)20-14(17(23)24)9-10-15(19)21/h4-5,7-8,14H,6,9-11H2,1-3H3,(H2,19,21)(H,20,22)(H,23,24)/t14-/m0/s1. The van der Waals surface area contributed by atoms with Crippen LogP contribution in [-0.4, -0.2) is 28.9 Å². The lowest BCUT2D eigenvalue weighted by molar-refractivity contribution is -0.142. The second kappa shape index (κ2) is 8.47. The zero-order valence-electron chi connectivity index (χ0n) is 14.5. The van der Waals surface area contributed by atoms with Gasteiger partial charge in [0.15, 0.2) is 0 Å². The fraction of sp³-hybridized carbons (Fsp3) is 0.500. The van der Waals surface area contributed by atoms with Crippen molar-refractivity contribution in [3.8, 4) is 0 Å². The van der Waals surface area contributed by atoms with Crippen LogP contribution in [0.5, 0.6) is 0 Å². The van der Waals surface area contributed by atoms with Gasteiger partial charge in [0.25, 0.3) is 0 Å². The van der Waals surface area contributed by atoms with Gasteiger partial charge in [-0.3, -0.25) is 9.59 Å². The first-order valence-electron chi connectivity index (χ1n) is 7.99. The number of aryl methyl sites for hydroxylation is 1. The first-order chi connectivity index (χ1) is 11.1. The second-order valence-electron chi connectivity index (χ2n) is 6.91. The molecule has 132 valence electrons. The SMILES string of the molecule is CC(C)(C)c1ccc(CCC(=O)N[C@@H](CCC(N)=O)C(=O)O)cc1. The molecular weight excluding hydrogens is 308 g/mol. The van der Waals surface area contributed by atoms with Crippen LogP contribution in [-0.2, 0) is 26.2 Å². The molecule has 0 saturated heterocycles. The smallest absolute Gasteiger partial charge is 0.326 e. The maximum Gasteiger partial charge on any atom is 0.326 e. The normalized spacial score (nSPS) is 12.5. The molecule has 6 nitrogen and oxygen atoms in total. The van der Waals surface area contributed by atoms with E-state index in [4.69, 9.17) is 10.8 Å². The van der Waals surface area contributed by atoms with Gasteiger partial charge in [-0.2, -0.15) is 0 Å². The number of rotatable bonds is 8. The molecule has 4 N–H and O–H groups in total. The van der Waals surface area contributed by atoms with Crippen molar-refractivity contribution in [2.45, 2.75) is 57.9 Å². The fourth-order valence-electron chi connectivity index (χ4n) is 2.24. The number of nitrogens with two attached hydrogens (primary N) is 1. The molecule has 0 spiro atoms. The van der Waals surface area contributed by atoms with Gasteiger partial charge in [-0.25, -0.2) is 4.79 Å². The molecule has 0 bridgehead atoms. The van der Waals surface area contributed by atoms with E-state index in [1.807, 2.05) is 24.3 Å². The second-order valence-corrected chi connectivity index (χ2v) is 6.91. The number of carboxylic acid groups (broad SMARTS) is 1. The summed E-state index contributed by atoms with van der Waals surface area (Å²) in [5, 5.41) is 11.5. The van der Waals surface area contributed by atoms with E-state index in [9.17, 15) is 14.4 Å². The van der Waals surface area contributed by atoms with E-state index in [0.29, 0.717) is 6.42 Å². The molecule has 0 aliphatic rings. The minimum absolute atomic E-state index is 0.00329. The average Bonchev–Trinajstić information content (AvgIpc) is 2.48. The van der Waals surface area contributed by atoms with E-state index >= 15 is 0 Å². The van der Waals surface area contributed by atoms with Crippen molar-refractivity contribution >= 4 is 17.8 Å². The van der Waals surface area contributed by atoms with Gasteiger partial charge >= 0.3 is 5.97 Å². The van der Waals surface area contributed by atoms with Crippen molar-refractivity contribution in [1.82, 2.24) is 5.32 Å². The number of hydrogen-bond donors (Lipinski definition) is 3. The van der Waals surface area contributed by atoms with Crippen molar-refractivity contribution in [3.63, 3.8) is 0 Å². The van der Waals surface area contributed by atoms with E-state index in [1.54, 1.807) is 0 Å². The number of nitrogens with one attached hydrogen (secondary N) is 1. The van der Waals surface area contributed by atoms with Crippen molar-refractivity contribution in [3.05, 3.63) is 35.4 Å². The molecule has 1 aromatic rings. The topological polar surface area (TPSA) is 109 Å². The highest BCUT2D eigenvalue weighted by atomic mass is 16.4. The van der Waals surface area contributed by atoms with E-state index in [0.717, 1.165) is 5.56 Å². The summed E-state index contributed by atoms with van der Waals surface area (Å²) in [6.07, 6.45) is 0.635. The predicted molar refractivity (Wildman–Crippen MR) is 91.5 cm³/mol. The highest BCUT2D eigenvalue weighted by molar-refractivity contribution is 5.84. The molecule has 0 saturated carbocycles. The van der Waals surface area contributed by atoms with Crippen LogP contribution in [0.15, 0.2) is 24.3 Å². The maximum atomic E-state index is 11.9. The van der Waals surface area contributed by atoms with Gasteiger partial charge in [0, 0.05) is 12.8 Å². The van der Waals surface area contributed by atoms with Crippen molar-refractivity contribution in [2.24, 2.45) is 5.73 Å². The summed E-state index contributed by atoms with van der Waals surface area (Å²) < 4.78 is 0. The summed E-state index contributed by atoms with van der Waals surface area (Å²) >= 11 is 0. The third-order valence-electron chi connectivity index (χ3n) is 3.77. The highest BCUT2D eigenvalue weighted by Crippen LogP contribution is 2.22. The summed E-state index contributed by atoms with van der Waals surface area (Å²) in [7, 11) is 0. The third-order valence-corrected chi connectivity index (χ3v) is 3.77. The highest BCUT2D eigenvalue weighted by Gasteiger charge is 2.20. The molecule has 0 unspecified atom stereocenters. The Bertz CT molecular complexity index is 588. The van der Waals surface area contributed by atoms with Gasteiger partial charge in [0.05, 0.1) is 0 Å². The minimum atomic E-state index is -1.17. The summed E-state index contributed by atoms with van der Waals surface area (Å²) in [6.45, 7) is 6.40. The van der Waals surface area contributed by atoms with Crippen LogP contribution in [0, 0.1) is 0 Å². The number of benzene rings is 1. The largest absolute Gasteiger partial charge is 0.480 e. The monoisotopic (exact) mass is 334 g/mol. The van der Waals surface area contributed by atoms with Gasteiger partial charge in [-0.1, -0.05) is 45.0 Å². The lowest BCUT2D eigenvalue weighted by Crippen LogP contribution is -2.41. The van der Waals surface area contributed by atoms with E-state index in [2.05, 4.69) is 26.1 Å². The predicted octanol–water partition coefficient (Wildman–Crippen LogP) is 1.75. The number of carboxylic acids is 1. The van der Waals surface area contributed by atoms with E-state index in [-0.39, 0.29) is 30.6 Å². The summed E-state index contributed by atoms with van der Waals surface area (Å²) in [5.74, 6) is -2.11. The van der Waals surface area contributed by atoms with Crippen LogP contribution in [0.1, 0.15) is 51.2 Å².